The Balaban J connectivity index is 1.75. The second-order valence-electron chi connectivity index (χ2n) is 5.80. The molecule has 0 aliphatic carbocycles. The van der Waals surface area contributed by atoms with Crippen LogP contribution in [0.4, 0.5) is 5.69 Å². The molecule has 0 saturated carbocycles. The fraction of sp³-hybridized carbons (Fsp3) is 0.316. The van der Waals surface area contributed by atoms with Crippen molar-refractivity contribution < 1.29 is 9.53 Å². The van der Waals surface area contributed by atoms with E-state index < -0.39 is 0 Å². The Kier molecular flexibility index (Phi) is 4.93. The predicted molar refractivity (Wildman–Crippen MR) is 91.9 cm³/mol. The van der Waals surface area contributed by atoms with Crippen LogP contribution in [0.15, 0.2) is 54.6 Å². The summed E-state index contributed by atoms with van der Waals surface area (Å²) in [5.41, 5.74) is 2.92. The summed E-state index contributed by atoms with van der Waals surface area (Å²) in [6.45, 7) is 2.68. The minimum absolute atomic E-state index is 0.279. The molecule has 120 valence electrons. The highest BCUT2D eigenvalue weighted by Crippen LogP contribution is 2.23. The van der Waals surface area contributed by atoms with Gasteiger partial charge in [0, 0.05) is 25.7 Å². The Morgan fingerprint density at radius 3 is 2.70 bits per heavy atom. The fourth-order valence-corrected chi connectivity index (χ4v) is 3.11. The van der Waals surface area contributed by atoms with Crippen molar-refractivity contribution in [3.05, 3.63) is 65.7 Å². The van der Waals surface area contributed by atoms with Crippen molar-refractivity contribution in [3.63, 3.8) is 0 Å². The number of piperazine rings is 1. The standard InChI is InChI=1S/C19H22N2O2/c1-23-19(22)17-9-5-6-10-18(17)21-12-11-20-16(14-21)13-15-7-3-2-4-8-15/h2-10,16,20H,11-14H2,1H3/t16-/m0/s1. The van der Waals surface area contributed by atoms with Crippen LogP contribution in [0.3, 0.4) is 0 Å². The molecular formula is C19H22N2O2. The van der Waals surface area contributed by atoms with Crippen molar-refractivity contribution in [2.45, 2.75) is 12.5 Å². The molecule has 0 spiro atoms. The van der Waals surface area contributed by atoms with Crippen molar-refractivity contribution in [2.24, 2.45) is 0 Å². The highest BCUT2D eigenvalue weighted by atomic mass is 16.5. The smallest absolute Gasteiger partial charge is 0.339 e. The van der Waals surface area contributed by atoms with Crippen LogP contribution in [0.25, 0.3) is 0 Å². The predicted octanol–water partition coefficient (Wildman–Crippen LogP) is 2.49. The number of rotatable bonds is 4. The fourth-order valence-electron chi connectivity index (χ4n) is 3.11. The van der Waals surface area contributed by atoms with E-state index in [9.17, 15) is 4.79 Å². The molecule has 0 aromatic heterocycles. The van der Waals surface area contributed by atoms with Crippen LogP contribution in [0.1, 0.15) is 15.9 Å². The summed E-state index contributed by atoms with van der Waals surface area (Å²) in [5, 5.41) is 3.57. The van der Waals surface area contributed by atoms with Crippen LogP contribution >= 0.6 is 0 Å². The number of anilines is 1. The van der Waals surface area contributed by atoms with Gasteiger partial charge in [0.05, 0.1) is 18.4 Å². The lowest BCUT2D eigenvalue weighted by Gasteiger charge is -2.36. The number of hydrogen-bond acceptors (Lipinski definition) is 4. The minimum atomic E-state index is -0.279. The molecule has 1 aliphatic rings. The number of nitrogens with one attached hydrogen (secondary N) is 1. The minimum Gasteiger partial charge on any atom is -0.465 e. The van der Waals surface area contributed by atoms with Gasteiger partial charge in [-0.3, -0.25) is 0 Å². The second-order valence-corrected chi connectivity index (χ2v) is 5.80. The molecule has 2 aromatic rings. The van der Waals surface area contributed by atoms with E-state index in [0.717, 1.165) is 31.7 Å². The van der Waals surface area contributed by atoms with E-state index >= 15 is 0 Å². The van der Waals surface area contributed by atoms with Gasteiger partial charge in [-0.25, -0.2) is 4.79 Å². The van der Waals surface area contributed by atoms with Gasteiger partial charge in [-0.15, -0.1) is 0 Å². The lowest BCUT2D eigenvalue weighted by molar-refractivity contribution is 0.0601. The maximum Gasteiger partial charge on any atom is 0.339 e. The van der Waals surface area contributed by atoms with Crippen LogP contribution in [-0.2, 0) is 11.2 Å². The molecular weight excluding hydrogens is 288 g/mol. The van der Waals surface area contributed by atoms with E-state index in [2.05, 4.69) is 34.5 Å². The third kappa shape index (κ3) is 3.71. The summed E-state index contributed by atoms with van der Waals surface area (Å²) in [6.07, 6.45) is 0.984. The van der Waals surface area contributed by atoms with E-state index in [4.69, 9.17) is 4.74 Å². The molecule has 23 heavy (non-hydrogen) atoms. The first kappa shape index (κ1) is 15.6. The third-order valence-electron chi connectivity index (χ3n) is 4.23. The molecule has 0 unspecified atom stereocenters. The molecule has 1 saturated heterocycles. The zero-order valence-corrected chi connectivity index (χ0v) is 13.4. The van der Waals surface area contributed by atoms with E-state index in [1.807, 2.05) is 30.3 Å². The number of carbonyl (C=O) groups is 1. The number of benzene rings is 2. The summed E-state index contributed by atoms with van der Waals surface area (Å²) in [7, 11) is 1.43. The summed E-state index contributed by atoms with van der Waals surface area (Å²) in [6, 6.07) is 18.5. The van der Waals surface area contributed by atoms with Crippen LogP contribution in [0.2, 0.25) is 0 Å². The molecule has 1 heterocycles. The van der Waals surface area contributed by atoms with Gasteiger partial charge in [0.25, 0.3) is 0 Å². The Bertz CT molecular complexity index is 657. The molecule has 2 aromatic carbocycles. The van der Waals surface area contributed by atoms with Gasteiger partial charge < -0.3 is 15.0 Å². The van der Waals surface area contributed by atoms with Gasteiger partial charge in [0.2, 0.25) is 0 Å². The Morgan fingerprint density at radius 2 is 1.91 bits per heavy atom. The van der Waals surface area contributed by atoms with Crippen LogP contribution in [0.5, 0.6) is 0 Å². The number of ether oxygens (including phenoxy) is 1. The summed E-state index contributed by atoms with van der Waals surface area (Å²) >= 11 is 0. The number of esters is 1. The number of hydrogen-bond donors (Lipinski definition) is 1. The molecule has 4 nitrogen and oxygen atoms in total. The Hall–Kier alpha value is -2.33. The van der Waals surface area contributed by atoms with Crippen molar-refractivity contribution in [1.29, 1.82) is 0 Å². The van der Waals surface area contributed by atoms with Gasteiger partial charge in [0.15, 0.2) is 0 Å². The van der Waals surface area contributed by atoms with Crippen LogP contribution in [-0.4, -0.2) is 38.8 Å². The average Bonchev–Trinajstić information content (AvgIpc) is 2.62. The number of methoxy groups -OCH3 is 1. The maximum atomic E-state index is 12.0. The number of carbonyl (C=O) groups excluding carboxylic acids is 1. The van der Waals surface area contributed by atoms with E-state index in [-0.39, 0.29) is 5.97 Å². The molecule has 1 fully saturated rings. The van der Waals surface area contributed by atoms with Gasteiger partial charge >= 0.3 is 5.97 Å². The largest absolute Gasteiger partial charge is 0.465 e. The first-order chi connectivity index (χ1) is 11.3. The lowest BCUT2D eigenvalue weighted by atomic mass is 10.0. The SMILES string of the molecule is COC(=O)c1ccccc1N1CCN[C@@H](Cc2ccccc2)C1. The maximum absolute atomic E-state index is 12.0. The summed E-state index contributed by atoms with van der Waals surface area (Å²) in [5.74, 6) is -0.279. The molecule has 1 atom stereocenters. The first-order valence-electron chi connectivity index (χ1n) is 7.97. The first-order valence-corrected chi connectivity index (χ1v) is 7.97. The van der Waals surface area contributed by atoms with Crippen LogP contribution in [0, 0.1) is 0 Å². The average molecular weight is 310 g/mol. The molecule has 1 N–H and O–H groups in total. The molecule has 0 amide bonds. The van der Waals surface area contributed by atoms with E-state index in [1.54, 1.807) is 0 Å². The highest BCUT2D eigenvalue weighted by molar-refractivity contribution is 5.95. The van der Waals surface area contributed by atoms with Crippen LogP contribution < -0.4 is 10.2 Å². The van der Waals surface area contributed by atoms with Crippen molar-refractivity contribution in [1.82, 2.24) is 5.32 Å². The third-order valence-corrected chi connectivity index (χ3v) is 4.23. The monoisotopic (exact) mass is 310 g/mol. The molecule has 0 bridgehead atoms. The molecule has 4 heteroatoms. The second kappa shape index (κ2) is 7.29. The topological polar surface area (TPSA) is 41.6 Å². The Morgan fingerprint density at radius 1 is 1.17 bits per heavy atom. The van der Waals surface area contributed by atoms with Gasteiger partial charge in [0.1, 0.15) is 0 Å². The normalized spacial score (nSPS) is 17.8. The molecule has 1 aliphatic heterocycles. The zero-order chi connectivity index (χ0) is 16.1. The van der Waals surface area contributed by atoms with E-state index in [1.165, 1.54) is 12.7 Å². The Labute approximate surface area is 137 Å². The van der Waals surface area contributed by atoms with Crippen molar-refractivity contribution >= 4 is 11.7 Å². The van der Waals surface area contributed by atoms with Gasteiger partial charge in [-0.05, 0) is 24.1 Å². The molecule has 0 radical (unpaired) electrons. The van der Waals surface area contributed by atoms with Crippen molar-refractivity contribution in [3.8, 4) is 0 Å². The van der Waals surface area contributed by atoms with Gasteiger partial charge in [-0.2, -0.15) is 0 Å². The number of para-hydroxylation sites is 1. The van der Waals surface area contributed by atoms with Crippen molar-refractivity contribution in [2.75, 3.05) is 31.6 Å². The highest BCUT2D eigenvalue weighted by Gasteiger charge is 2.23. The quantitative estimate of drug-likeness (QED) is 0.881. The number of nitrogens with zero attached hydrogens (tertiary/aromatic N) is 1. The summed E-state index contributed by atoms with van der Waals surface area (Å²) < 4.78 is 4.91. The lowest BCUT2D eigenvalue weighted by Crippen LogP contribution is -2.52. The summed E-state index contributed by atoms with van der Waals surface area (Å²) in [4.78, 5) is 14.3. The van der Waals surface area contributed by atoms with E-state index in [0.29, 0.717) is 11.6 Å². The van der Waals surface area contributed by atoms with Gasteiger partial charge in [-0.1, -0.05) is 42.5 Å². The zero-order valence-electron chi connectivity index (χ0n) is 13.4. The molecule has 3 rings (SSSR count).